The minimum Gasteiger partial charge on any atom is -0.468 e. The number of ether oxygens (including phenoxy) is 2. The van der Waals surface area contributed by atoms with Gasteiger partial charge in [0.1, 0.15) is 5.60 Å². The zero-order valence-electron chi connectivity index (χ0n) is 15.5. The van der Waals surface area contributed by atoms with Crippen molar-refractivity contribution in [2.24, 2.45) is 0 Å². The molecule has 1 aromatic heterocycles. The van der Waals surface area contributed by atoms with Crippen LogP contribution in [-0.2, 0) is 11.3 Å². The molecule has 0 aliphatic rings. The first-order valence-corrected chi connectivity index (χ1v) is 8.48. The molecule has 0 saturated carbocycles. The van der Waals surface area contributed by atoms with Crippen LogP contribution < -0.4 is 9.64 Å². The normalized spacial score (nSPS) is 11.4. The fraction of sp³-hybridized carbons (Fsp3) is 0.286. The van der Waals surface area contributed by atoms with E-state index in [-0.39, 0.29) is 0 Å². The first-order chi connectivity index (χ1) is 12.4. The topological polar surface area (TPSA) is 51.9 Å². The number of nitrogens with zero attached hydrogens (tertiary/aromatic N) is 1. The highest BCUT2D eigenvalue weighted by Crippen LogP contribution is 2.28. The van der Waals surface area contributed by atoms with E-state index in [1.807, 2.05) is 63.2 Å². The molecule has 3 rings (SSSR count). The van der Waals surface area contributed by atoms with Crippen LogP contribution in [-0.4, -0.2) is 18.8 Å². The Morgan fingerprint density at radius 3 is 2.46 bits per heavy atom. The fourth-order valence-corrected chi connectivity index (χ4v) is 2.72. The summed E-state index contributed by atoms with van der Waals surface area (Å²) in [7, 11) is 1.52. The van der Waals surface area contributed by atoms with E-state index in [0.29, 0.717) is 18.4 Å². The van der Waals surface area contributed by atoms with Crippen LogP contribution in [0.2, 0.25) is 0 Å². The number of benzene rings is 2. The van der Waals surface area contributed by atoms with E-state index >= 15 is 0 Å². The third-order valence-electron chi connectivity index (χ3n) is 3.86. The van der Waals surface area contributed by atoms with E-state index in [0.717, 1.165) is 16.3 Å². The third kappa shape index (κ3) is 3.99. The average molecular weight is 353 g/mol. The molecular formula is C21H23NO4. The Morgan fingerprint density at radius 2 is 1.77 bits per heavy atom. The van der Waals surface area contributed by atoms with E-state index in [9.17, 15) is 4.79 Å². The number of carbonyl (C=O) groups is 1. The first-order valence-electron chi connectivity index (χ1n) is 8.48. The Morgan fingerprint density at radius 1 is 1.04 bits per heavy atom. The molecule has 136 valence electrons. The minimum atomic E-state index is -0.606. The van der Waals surface area contributed by atoms with Gasteiger partial charge in [0.2, 0.25) is 5.88 Å². The van der Waals surface area contributed by atoms with Crippen LogP contribution in [0, 0.1) is 0 Å². The number of anilines is 1. The summed E-state index contributed by atoms with van der Waals surface area (Å²) in [6.07, 6.45) is -0.470. The largest absolute Gasteiger partial charge is 0.468 e. The van der Waals surface area contributed by atoms with Gasteiger partial charge in [0.25, 0.3) is 5.95 Å². The summed E-state index contributed by atoms with van der Waals surface area (Å²) in [5.74, 6) is 0.718. The van der Waals surface area contributed by atoms with Gasteiger partial charge in [-0.25, -0.2) is 9.69 Å². The van der Waals surface area contributed by atoms with Crippen LogP contribution in [0.25, 0.3) is 10.8 Å². The number of furan rings is 1. The Kier molecular flexibility index (Phi) is 4.89. The van der Waals surface area contributed by atoms with E-state index in [1.165, 1.54) is 12.0 Å². The van der Waals surface area contributed by atoms with Crippen LogP contribution in [0.5, 0.6) is 5.95 Å². The van der Waals surface area contributed by atoms with Crippen molar-refractivity contribution >= 4 is 22.7 Å². The SMILES string of the molecule is COc1ccc(N(Cc2cccc3ccccc23)C(=O)OC(C)(C)C)o1. The molecule has 0 saturated heterocycles. The zero-order valence-corrected chi connectivity index (χ0v) is 15.5. The molecule has 0 atom stereocenters. The second-order valence-electron chi connectivity index (χ2n) is 7.00. The van der Waals surface area contributed by atoms with Crippen molar-refractivity contribution < 1.29 is 18.7 Å². The highest BCUT2D eigenvalue weighted by atomic mass is 16.6. The number of carbonyl (C=O) groups excluding carboxylic acids is 1. The quantitative estimate of drug-likeness (QED) is 0.631. The molecule has 5 heteroatoms. The number of hydrogen-bond donors (Lipinski definition) is 0. The number of fused-ring (bicyclic) bond motifs is 1. The molecule has 5 nitrogen and oxygen atoms in total. The van der Waals surface area contributed by atoms with Crippen molar-refractivity contribution in [2.75, 3.05) is 12.0 Å². The van der Waals surface area contributed by atoms with Crippen LogP contribution in [0.1, 0.15) is 26.3 Å². The van der Waals surface area contributed by atoms with Gasteiger partial charge < -0.3 is 13.9 Å². The Hall–Kier alpha value is -2.95. The Labute approximate surface area is 153 Å². The predicted molar refractivity (Wildman–Crippen MR) is 102 cm³/mol. The highest BCUT2D eigenvalue weighted by Gasteiger charge is 2.26. The molecule has 26 heavy (non-hydrogen) atoms. The van der Waals surface area contributed by atoms with Crippen LogP contribution >= 0.6 is 0 Å². The number of amides is 1. The fourth-order valence-electron chi connectivity index (χ4n) is 2.72. The molecule has 1 heterocycles. The maximum absolute atomic E-state index is 12.8. The summed E-state index contributed by atoms with van der Waals surface area (Å²) in [5, 5.41) is 2.20. The molecular weight excluding hydrogens is 330 g/mol. The standard InChI is InChI=1S/C21H23NO4/c1-21(2,3)26-20(23)22(18-12-13-19(24-4)25-18)14-16-10-7-9-15-8-5-6-11-17(15)16/h5-13H,14H2,1-4H3. The monoisotopic (exact) mass is 353 g/mol. The minimum absolute atomic E-state index is 0.326. The van der Waals surface area contributed by atoms with E-state index in [1.54, 1.807) is 12.1 Å². The van der Waals surface area contributed by atoms with Gasteiger partial charge >= 0.3 is 6.09 Å². The van der Waals surface area contributed by atoms with E-state index in [2.05, 4.69) is 0 Å². The molecule has 0 aliphatic heterocycles. The molecule has 0 aliphatic carbocycles. The summed E-state index contributed by atoms with van der Waals surface area (Å²) in [6, 6.07) is 17.5. The van der Waals surface area contributed by atoms with Crippen LogP contribution in [0.15, 0.2) is 59.0 Å². The van der Waals surface area contributed by atoms with Gasteiger partial charge in [-0.3, -0.25) is 0 Å². The number of rotatable bonds is 4. The molecule has 2 aromatic carbocycles. The molecule has 1 amide bonds. The smallest absolute Gasteiger partial charge is 0.417 e. The first kappa shape index (κ1) is 17.9. The molecule has 0 fully saturated rings. The Balaban J connectivity index is 1.98. The van der Waals surface area contributed by atoms with Gasteiger partial charge in [-0.05, 0) is 37.1 Å². The lowest BCUT2D eigenvalue weighted by atomic mass is 10.0. The van der Waals surface area contributed by atoms with Gasteiger partial charge in [0.15, 0.2) is 0 Å². The highest BCUT2D eigenvalue weighted by molar-refractivity contribution is 5.89. The van der Waals surface area contributed by atoms with Gasteiger partial charge in [-0.1, -0.05) is 42.5 Å². The summed E-state index contributed by atoms with van der Waals surface area (Å²) >= 11 is 0. The lowest BCUT2D eigenvalue weighted by molar-refractivity contribution is 0.0570. The maximum atomic E-state index is 12.8. The summed E-state index contributed by atoms with van der Waals surface area (Å²) in [6.45, 7) is 5.84. The molecule has 0 bridgehead atoms. The molecule has 0 N–H and O–H groups in total. The number of methoxy groups -OCH3 is 1. The maximum Gasteiger partial charge on any atom is 0.417 e. The van der Waals surface area contributed by atoms with Gasteiger partial charge in [-0.2, -0.15) is 0 Å². The molecule has 0 unspecified atom stereocenters. The number of hydrogen-bond acceptors (Lipinski definition) is 4. The third-order valence-corrected chi connectivity index (χ3v) is 3.86. The second kappa shape index (κ2) is 7.12. The lowest BCUT2D eigenvalue weighted by Gasteiger charge is -2.26. The predicted octanol–water partition coefficient (Wildman–Crippen LogP) is 5.38. The lowest BCUT2D eigenvalue weighted by Crippen LogP contribution is -2.36. The van der Waals surface area contributed by atoms with Crippen molar-refractivity contribution in [1.29, 1.82) is 0 Å². The molecule has 3 aromatic rings. The van der Waals surface area contributed by atoms with Gasteiger partial charge in [0.05, 0.1) is 13.7 Å². The van der Waals surface area contributed by atoms with Crippen molar-refractivity contribution in [2.45, 2.75) is 32.9 Å². The van der Waals surface area contributed by atoms with Gasteiger partial charge in [-0.15, -0.1) is 0 Å². The average Bonchev–Trinajstić information content (AvgIpc) is 3.07. The van der Waals surface area contributed by atoms with Crippen molar-refractivity contribution in [3.63, 3.8) is 0 Å². The second-order valence-corrected chi connectivity index (χ2v) is 7.00. The van der Waals surface area contributed by atoms with E-state index in [4.69, 9.17) is 13.9 Å². The summed E-state index contributed by atoms with van der Waals surface area (Å²) in [4.78, 5) is 14.3. The van der Waals surface area contributed by atoms with Crippen LogP contribution in [0.4, 0.5) is 10.7 Å². The summed E-state index contributed by atoms with van der Waals surface area (Å²) < 4.78 is 16.3. The summed E-state index contributed by atoms with van der Waals surface area (Å²) in [5.41, 5.74) is 0.398. The van der Waals surface area contributed by atoms with Crippen molar-refractivity contribution in [3.05, 3.63) is 60.2 Å². The van der Waals surface area contributed by atoms with Crippen molar-refractivity contribution in [3.8, 4) is 5.95 Å². The van der Waals surface area contributed by atoms with Crippen molar-refractivity contribution in [1.82, 2.24) is 0 Å². The van der Waals surface area contributed by atoms with Gasteiger partial charge in [0, 0.05) is 12.1 Å². The zero-order chi connectivity index (χ0) is 18.7. The van der Waals surface area contributed by atoms with Crippen LogP contribution in [0.3, 0.4) is 0 Å². The molecule has 0 radical (unpaired) electrons. The molecule has 0 spiro atoms. The van der Waals surface area contributed by atoms with E-state index < -0.39 is 11.7 Å². The Bertz CT molecular complexity index is 902.